The Morgan fingerprint density at radius 3 is 2.06 bits per heavy atom. The number of hydrogen-bond donors (Lipinski definition) is 1. The fraction of sp³-hybridized carbons (Fsp3) is 0.269. The van der Waals surface area contributed by atoms with E-state index in [4.69, 9.17) is 0 Å². The molecule has 166 valence electrons. The lowest BCUT2D eigenvalue weighted by atomic mass is 10.1. The van der Waals surface area contributed by atoms with Gasteiger partial charge in [-0.25, -0.2) is 0 Å². The molecule has 2 amide bonds. The predicted octanol–water partition coefficient (Wildman–Crippen LogP) is 3.67. The number of carbonyl (C=O) groups is 2. The molecule has 1 aromatic heterocycles. The third kappa shape index (κ3) is 5.72. The van der Waals surface area contributed by atoms with E-state index in [9.17, 15) is 14.4 Å². The second-order valence-corrected chi connectivity index (χ2v) is 8.09. The quantitative estimate of drug-likeness (QED) is 0.592. The highest BCUT2D eigenvalue weighted by molar-refractivity contribution is 5.99. The molecule has 6 heteroatoms. The van der Waals surface area contributed by atoms with Crippen LogP contribution >= 0.6 is 0 Å². The second kappa shape index (κ2) is 10.6. The normalized spacial score (nSPS) is 10.8. The van der Waals surface area contributed by atoms with E-state index in [1.807, 2.05) is 74.5 Å². The molecule has 2 aromatic carbocycles. The van der Waals surface area contributed by atoms with Crippen molar-refractivity contribution in [2.24, 2.45) is 0 Å². The first kappa shape index (κ1) is 23.0. The topological polar surface area (TPSA) is 71.4 Å². The van der Waals surface area contributed by atoms with Crippen LogP contribution in [0.1, 0.15) is 51.7 Å². The van der Waals surface area contributed by atoms with Crippen LogP contribution in [0.2, 0.25) is 0 Å². The van der Waals surface area contributed by atoms with Gasteiger partial charge in [-0.2, -0.15) is 0 Å². The van der Waals surface area contributed by atoms with E-state index in [2.05, 4.69) is 5.32 Å². The standard InChI is InChI=1S/C26H29N3O3/c1-19(2)29-17-22(25(31)27-16-21-12-8-5-9-13-21)24(30)23(18-29)26(32)28(3)15-14-20-10-6-4-7-11-20/h4-13,17-19H,14-16H2,1-3H3,(H,27,31). The molecule has 0 bridgehead atoms. The largest absolute Gasteiger partial charge is 0.350 e. The minimum absolute atomic E-state index is 0.00150. The van der Waals surface area contributed by atoms with Crippen molar-refractivity contribution in [3.8, 4) is 0 Å². The average Bonchev–Trinajstić information content (AvgIpc) is 2.81. The molecule has 0 saturated heterocycles. The summed E-state index contributed by atoms with van der Waals surface area (Å²) in [4.78, 5) is 40.5. The Labute approximate surface area is 188 Å². The van der Waals surface area contributed by atoms with Gasteiger partial charge < -0.3 is 14.8 Å². The lowest BCUT2D eigenvalue weighted by Crippen LogP contribution is -2.37. The van der Waals surface area contributed by atoms with Crippen LogP contribution in [-0.4, -0.2) is 34.9 Å². The Morgan fingerprint density at radius 2 is 1.47 bits per heavy atom. The fourth-order valence-electron chi connectivity index (χ4n) is 3.33. The first-order valence-electron chi connectivity index (χ1n) is 10.7. The van der Waals surface area contributed by atoms with Crippen LogP contribution in [0.25, 0.3) is 0 Å². The molecular formula is C26H29N3O3. The summed E-state index contributed by atoms with van der Waals surface area (Å²) in [5.41, 5.74) is 1.46. The highest BCUT2D eigenvalue weighted by Crippen LogP contribution is 2.10. The molecule has 0 saturated carbocycles. The van der Waals surface area contributed by atoms with Crippen LogP contribution in [0, 0.1) is 0 Å². The van der Waals surface area contributed by atoms with E-state index in [0.717, 1.165) is 11.1 Å². The number of nitrogens with zero attached hydrogens (tertiary/aromatic N) is 2. The molecule has 3 rings (SSSR count). The van der Waals surface area contributed by atoms with Gasteiger partial charge in [0.2, 0.25) is 5.43 Å². The van der Waals surface area contributed by atoms with E-state index in [1.165, 1.54) is 11.1 Å². The van der Waals surface area contributed by atoms with Gasteiger partial charge >= 0.3 is 0 Å². The lowest BCUT2D eigenvalue weighted by Gasteiger charge is -2.19. The molecule has 0 radical (unpaired) electrons. The molecule has 0 aliphatic heterocycles. The zero-order valence-corrected chi connectivity index (χ0v) is 18.7. The minimum atomic E-state index is -0.552. The van der Waals surface area contributed by atoms with Crippen molar-refractivity contribution in [2.75, 3.05) is 13.6 Å². The molecule has 6 nitrogen and oxygen atoms in total. The molecule has 0 atom stereocenters. The summed E-state index contributed by atoms with van der Waals surface area (Å²) in [6.45, 7) is 4.64. The lowest BCUT2D eigenvalue weighted by molar-refractivity contribution is 0.0794. The maximum atomic E-state index is 13.1. The number of carbonyl (C=O) groups excluding carboxylic acids is 2. The molecule has 0 unspecified atom stereocenters. The number of hydrogen-bond acceptors (Lipinski definition) is 3. The predicted molar refractivity (Wildman–Crippen MR) is 126 cm³/mol. The number of nitrogens with one attached hydrogen (secondary N) is 1. The molecule has 3 aromatic rings. The first-order valence-corrected chi connectivity index (χ1v) is 10.7. The van der Waals surface area contributed by atoms with E-state index < -0.39 is 17.2 Å². The van der Waals surface area contributed by atoms with Gasteiger partial charge in [-0.3, -0.25) is 14.4 Å². The molecule has 1 N–H and O–H groups in total. The smallest absolute Gasteiger partial charge is 0.259 e. The summed E-state index contributed by atoms with van der Waals surface area (Å²) in [6, 6.07) is 19.3. The number of likely N-dealkylation sites (N-methyl/N-ethyl adjacent to an activating group) is 1. The summed E-state index contributed by atoms with van der Waals surface area (Å²) in [5.74, 6) is -0.882. The summed E-state index contributed by atoms with van der Waals surface area (Å²) >= 11 is 0. The first-order chi connectivity index (χ1) is 15.4. The van der Waals surface area contributed by atoms with Crippen LogP contribution in [0.15, 0.2) is 77.9 Å². The van der Waals surface area contributed by atoms with Crippen LogP contribution in [-0.2, 0) is 13.0 Å². The highest BCUT2D eigenvalue weighted by atomic mass is 16.2. The Kier molecular flexibility index (Phi) is 7.60. The summed E-state index contributed by atoms with van der Waals surface area (Å²) in [6.07, 6.45) is 3.75. The van der Waals surface area contributed by atoms with Gasteiger partial charge in [0.15, 0.2) is 0 Å². The Balaban J connectivity index is 1.81. The van der Waals surface area contributed by atoms with Crippen molar-refractivity contribution in [2.45, 2.75) is 32.9 Å². The fourth-order valence-corrected chi connectivity index (χ4v) is 3.33. The summed E-state index contributed by atoms with van der Waals surface area (Å²) in [5, 5.41) is 2.79. The van der Waals surface area contributed by atoms with Crippen molar-refractivity contribution in [1.29, 1.82) is 0 Å². The molecule has 0 aliphatic rings. The van der Waals surface area contributed by atoms with Crippen LogP contribution in [0.4, 0.5) is 0 Å². The number of pyridine rings is 1. The summed E-state index contributed by atoms with van der Waals surface area (Å²) in [7, 11) is 1.67. The van der Waals surface area contributed by atoms with Crippen molar-refractivity contribution < 1.29 is 9.59 Å². The number of benzene rings is 2. The van der Waals surface area contributed by atoms with E-state index >= 15 is 0 Å². The third-order valence-electron chi connectivity index (χ3n) is 5.34. The zero-order chi connectivity index (χ0) is 23.1. The Morgan fingerprint density at radius 1 is 0.906 bits per heavy atom. The number of rotatable bonds is 8. The van der Waals surface area contributed by atoms with Gasteiger partial charge in [0, 0.05) is 38.6 Å². The molecule has 0 aliphatic carbocycles. The Hall–Kier alpha value is -3.67. The van der Waals surface area contributed by atoms with Gasteiger partial charge in [-0.1, -0.05) is 60.7 Å². The molecular weight excluding hydrogens is 402 g/mol. The third-order valence-corrected chi connectivity index (χ3v) is 5.34. The SMILES string of the molecule is CC(C)n1cc(C(=O)NCc2ccccc2)c(=O)c(C(=O)N(C)CCc2ccccc2)c1. The maximum absolute atomic E-state index is 13.1. The van der Waals surface area contributed by atoms with Gasteiger partial charge in [-0.05, 0) is 31.4 Å². The van der Waals surface area contributed by atoms with Gasteiger partial charge in [0.05, 0.1) is 0 Å². The van der Waals surface area contributed by atoms with Crippen molar-refractivity contribution in [1.82, 2.24) is 14.8 Å². The van der Waals surface area contributed by atoms with Crippen LogP contribution in [0.3, 0.4) is 0 Å². The number of aromatic nitrogens is 1. The van der Waals surface area contributed by atoms with Gasteiger partial charge in [-0.15, -0.1) is 0 Å². The second-order valence-electron chi connectivity index (χ2n) is 8.09. The van der Waals surface area contributed by atoms with Gasteiger partial charge in [0.1, 0.15) is 11.1 Å². The van der Waals surface area contributed by atoms with Gasteiger partial charge in [0.25, 0.3) is 11.8 Å². The van der Waals surface area contributed by atoms with Crippen LogP contribution in [0.5, 0.6) is 0 Å². The van der Waals surface area contributed by atoms with E-state index in [-0.39, 0.29) is 17.2 Å². The maximum Gasteiger partial charge on any atom is 0.259 e. The van der Waals surface area contributed by atoms with E-state index in [0.29, 0.717) is 19.5 Å². The zero-order valence-electron chi connectivity index (χ0n) is 18.7. The minimum Gasteiger partial charge on any atom is -0.350 e. The molecule has 0 spiro atoms. The molecule has 32 heavy (non-hydrogen) atoms. The van der Waals surface area contributed by atoms with E-state index in [1.54, 1.807) is 17.8 Å². The number of amides is 2. The monoisotopic (exact) mass is 431 g/mol. The van der Waals surface area contributed by atoms with Crippen molar-refractivity contribution in [3.05, 3.63) is 106 Å². The van der Waals surface area contributed by atoms with Crippen molar-refractivity contribution in [3.63, 3.8) is 0 Å². The highest BCUT2D eigenvalue weighted by Gasteiger charge is 2.22. The average molecular weight is 432 g/mol. The van der Waals surface area contributed by atoms with Crippen molar-refractivity contribution >= 4 is 11.8 Å². The summed E-state index contributed by atoms with van der Waals surface area (Å²) < 4.78 is 1.73. The Bertz CT molecular complexity index is 1120. The molecule has 1 heterocycles. The molecule has 0 fully saturated rings. The van der Waals surface area contributed by atoms with Crippen LogP contribution < -0.4 is 10.7 Å².